The largest absolute Gasteiger partial charge is 0.339 e. The Labute approximate surface area is 794 Å². The molecule has 698 valence electrons. The number of rotatable bonds is 21. The van der Waals surface area contributed by atoms with E-state index in [1.165, 1.54) is 17.3 Å². The second-order valence-corrected chi connectivity index (χ2v) is 32.5. The number of carbonyl (C=O) groups excluding carboxylic acids is 6. The molecule has 140 heavy (non-hydrogen) atoms. The van der Waals surface area contributed by atoms with Crippen molar-refractivity contribution in [2.24, 2.45) is 0 Å². The molecule has 21 rings (SSSR count). The molecule has 20 aromatic rings. The smallest absolute Gasteiger partial charge is 0.321 e. The van der Waals surface area contributed by atoms with Gasteiger partial charge in [0.2, 0.25) is 17.3 Å². The van der Waals surface area contributed by atoms with Crippen LogP contribution in [-0.2, 0) is 16.0 Å². The monoisotopic (exact) mass is 1870 g/mol. The van der Waals surface area contributed by atoms with Crippen molar-refractivity contribution in [3.05, 3.63) is 212 Å². The van der Waals surface area contributed by atoms with Crippen LogP contribution in [0.4, 0.5) is 38.0 Å². The van der Waals surface area contributed by atoms with E-state index in [4.69, 9.17) is 23.1 Å². The third-order valence-corrected chi connectivity index (χ3v) is 23.4. The average Bonchev–Trinajstić information content (AvgIpc) is 1.63. The van der Waals surface area contributed by atoms with E-state index in [1.807, 2.05) is 94.1 Å². The Morgan fingerprint density at radius 2 is 0.736 bits per heavy atom. The van der Waals surface area contributed by atoms with Gasteiger partial charge in [-0.25, -0.2) is 59.2 Å². The lowest BCUT2D eigenvalue weighted by Gasteiger charge is -2.32. The van der Waals surface area contributed by atoms with Crippen LogP contribution in [0.15, 0.2) is 172 Å². The Balaban J connectivity index is 0.000000124. The first-order valence-electron chi connectivity index (χ1n) is 44.6. The summed E-state index contributed by atoms with van der Waals surface area (Å²) in [5, 5.41) is 40.9. The highest BCUT2D eigenvalue weighted by atomic mass is 16.2. The number of amides is 7. The van der Waals surface area contributed by atoms with Gasteiger partial charge >= 0.3 is 12.1 Å². The highest BCUT2D eigenvalue weighted by Crippen LogP contribution is 2.38. The van der Waals surface area contributed by atoms with E-state index in [-0.39, 0.29) is 35.6 Å². The van der Waals surface area contributed by atoms with E-state index in [1.54, 1.807) is 136 Å². The van der Waals surface area contributed by atoms with Gasteiger partial charge in [-0.1, -0.05) is 19.9 Å². The lowest BCUT2D eigenvalue weighted by Crippen LogP contribution is -2.48. The summed E-state index contributed by atoms with van der Waals surface area (Å²) in [5.41, 5.74) is 20.3. The van der Waals surface area contributed by atoms with Crippen molar-refractivity contribution in [2.45, 2.75) is 60.8 Å². The van der Waals surface area contributed by atoms with Gasteiger partial charge in [0.15, 0.2) is 45.9 Å². The number of hydrogen-bond acceptors (Lipinski definition) is 27. The number of nitrogens with one attached hydrogen (secondary N) is 11. The first-order chi connectivity index (χ1) is 68.1. The molecule has 0 aromatic carbocycles. The molecule has 44 nitrogen and oxygen atoms in total. The van der Waals surface area contributed by atoms with Crippen molar-refractivity contribution in [1.29, 1.82) is 0 Å². The molecule has 20 aromatic heterocycles. The summed E-state index contributed by atoms with van der Waals surface area (Å²) in [5.74, 6) is 1.98. The van der Waals surface area contributed by atoms with Crippen LogP contribution in [0.25, 0.3) is 189 Å². The summed E-state index contributed by atoms with van der Waals surface area (Å²) < 4.78 is 0. The van der Waals surface area contributed by atoms with E-state index in [0.29, 0.717) is 211 Å². The Morgan fingerprint density at radius 3 is 1.10 bits per heavy atom. The van der Waals surface area contributed by atoms with Crippen LogP contribution in [-0.4, -0.2) is 274 Å². The average molecular weight is 1870 g/mol. The second kappa shape index (κ2) is 40.1. The molecule has 0 radical (unpaired) electrons. The molecule has 1 fully saturated rings. The normalized spacial score (nSPS) is 11.9. The minimum Gasteiger partial charge on any atom is -0.339 e. The van der Waals surface area contributed by atoms with Crippen molar-refractivity contribution >= 4 is 152 Å². The van der Waals surface area contributed by atoms with Crippen LogP contribution >= 0.6 is 0 Å². The highest BCUT2D eigenvalue weighted by Gasteiger charge is 2.27. The fourth-order valence-electron chi connectivity index (χ4n) is 15.7. The number of pyridine rings is 12. The molecule has 0 bridgehead atoms. The van der Waals surface area contributed by atoms with Crippen LogP contribution in [0.5, 0.6) is 0 Å². The minimum absolute atomic E-state index is 0.0807. The molecule has 11 N–H and O–H groups in total. The van der Waals surface area contributed by atoms with Crippen molar-refractivity contribution in [2.75, 3.05) is 89.5 Å². The lowest BCUT2D eigenvalue weighted by atomic mass is 10.1. The predicted octanol–water partition coefficient (Wildman–Crippen LogP) is 14.6. The van der Waals surface area contributed by atoms with Crippen LogP contribution in [0.2, 0.25) is 0 Å². The third-order valence-electron chi connectivity index (χ3n) is 23.4. The zero-order valence-electron chi connectivity index (χ0n) is 77.0. The number of likely N-dealkylation sites (N-methyl/N-ethyl adjacent to an activating group) is 1. The quantitative estimate of drug-likeness (QED) is 0.0298. The molecule has 0 unspecified atom stereocenters. The van der Waals surface area contributed by atoms with Gasteiger partial charge in [0.25, 0.3) is 11.8 Å². The first-order valence-corrected chi connectivity index (χ1v) is 44.6. The molecular weight excluding hydrogens is 1780 g/mol. The Morgan fingerprint density at radius 1 is 0.386 bits per heavy atom. The minimum atomic E-state index is -0.247. The van der Waals surface area contributed by atoms with Crippen LogP contribution < -0.4 is 16.0 Å². The predicted molar refractivity (Wildman–Crippen MR) is 526 cm³/mol. The molecule has 1 aliphatic heterocycles. The van der Waals surface area contributed by atoms with Crippen molar-refractivity contribution < 1.29 is 28.8 Å². The number of aromatic nitrogens is 28. The van der Waals surface area contributed by atoms with Crippen molar-refractivity contribution in [3.63, 3.8) is 0 Å². The zero-order chi connectivity index (χ0) is 97.4. The first kappa shape index (κ1) is 91.6. The molecule has 0 atom stereocenters. The maximum Gasteiger partial charge on any atom is 0.321 e. The lowest BCUT2D eigenvalue weighted by molar-refractivity contribution is -0.118. The fourth-order valence-corrected chi connectivity index (χ4v) is 15.7. The van der Waals surface area contributed by atoms with Gasteiger partial charge in [-0.05, 0) is 83.3 Å². The van der Waals surface area contributed by atoms with E-state index < -0.39 is 0 Å². The maximum absolute atomic E-state index is 13.1. The number of Topliss-reactive ketones (excluding diaryl/α,β-unsaturated/α-hetero) is 1. The molecule has 0 saturated carbocycles. The highest BCUT2D eigenvalue weighted by molar-refractivity contribution is 6.08. The van der Waals surface area contributed by atoms with E-state index in [0.717, 1.165) is 84.8 Å². The van der Waals surface area contributed by atoms with Gasteiger partial charge in [0, 0.05) is 223 Å². The molecule has 0 aliphatic carbocycles. The zero-order valence-corrected chi connectivity index (χ0v) is 77.0. The SMILES string of the molecule is CCN(CC)C(=O)c1cncc2[nH]c(-c3[nH]nc4ncc(-c5cncc(NC(=O)N(C)C)c5)cc34)nc12.CCN(CC)C(=O)c1cncc2[nH]c(-c3[nH]nc4ncc(-c5cncc(NC(=O)N6CCN(C)CC6)c5)cc34)nc12.[C-]#[N+]c1cncc2[nH]c(-c3[nH]nc4ncc(-c5ccc(CC(=O)CC)nc5)cc34)nc12.[C-]#[N+]c1cncc2[nH]c(-c3[nH]nc4ncc(-c5cncc(NC(=O)CC)c5)cc34)nc12. The van der Waals surface area contributed by atoms with Gasteiger partial charge in [0.1, 0.15) is 39.6 Å². The number of fused-ring (bicyclic) bond motifs is 8. The number of aromatic amines is 8. The molecule has 1 aliphatic rings. The number of urea groups is 2. The fraction of sp³-hybridized carbons (Fsp3) is 0.208. The maximum atomic E-state index is 13.1. The summed E-state index contributed by atoms with van der Waals surface area (Å²) in [7, 11) is 5.39. The number of imidazole rings is 4. The number of piperazine rings is 1. The third kappa shape index (κ3) is 19.1. The van der Waals surface area contributed by atoms with Gasteiger partial charge in [0.05, 0.1) is 127 Å². The van der Waals surface area contributed by atoms with Gasteiger partial charge < -0.3 is 60.4 Å². The van der Waals surface area contributed by atoms with Crippen LogP contribution in [0, 0.1) is 13.1 Å². The summed E-state index contributed by atoms with van der Waals surface area (Å²) in [6, 6.07) is 16.8. The molecule has 44 heteroatoms. The summed E-state index contributed by atoms with van der Waals surface area (Å²) >= 11 is 0. The second-order valence-electron chi connectivity index (χ2n) is 32.5. The van der Waals surface area contributed by atoms with E-state index >= 15 is 0 Å². The number of anilines is 3. The van der Waals surface area contributed by atoms with Crippen molar-refractivity contribution in [3.8, 4) is 90.6 Å². The number of hydrogen-bond donors (Lipinski definition) is 11. The van der Waals surface area contributed by atoms with Crippen LogP contribution in [0.3, 0.4) is 0 Å². The molecule has 7 amide bonds. The number of nitrogens with zero attached hydrogens (tertiary/aromatic N) is 27. The molecule has 0 spiro atoms. The molecule has 21 heterocycles. The van der Waals surface area contributed by atoms with Crippen LogP contribution in [0.1, 0.15) is 80.8 Å². The number of H-pyrrole nitrogens is 8. The topological polar surface area (TPSA) is 548 Å². The standard InChI is InChI=1S/C28H31N11O2.C25H26N10O2.C22H16N8O.C21H15N9O/c1-4-38(5-2)27(40)21-15-30-16-22-23(21)34-26(33-22)24-20-11-18(13-31-25(20)36-35-24)17-10-19(14-29-12-17)32-28(41)39-8-6-37(3)7-9-39;1-5-35(6-2)24(36)18-12-27-13-19-20(18)31-23(30-19)21-17-8-15(10-28-22(17)33-32-21)14-7-16(11-26-9-14)29-25(37)34(3)4;1-3-15(31)7-14-5-4-12(8-25-14)13-6-16-19(29-30-21(16)26-9-13)22-27-18-11-24-10-17(23-2)20(18)28-22;1-3-17(31)26-13-4-11(6-23-8-13)12-5-14-18(29-30-20(14)25-7-12)21-27-16-10-24-9-15(22-2)19(16)28-21/h10-16H,4-9H2,1-3H3,(H,32,41)(H,33,34)(H,31,35,36);7-13H,5-6H2,1-4H3,(H,29,37)(H,30,31)(H,28,32,33);4-6,8-11H,3,7H2,1H3,(H,27,28)(H,26,29,30);4-10H,3H2,1H3,(H,26,31)(H,27,28)(H,25,29,30). The summed E-state index contributed by atoms with van der Waals surface area (Å²) in [6.07, 6.45) is 32.4. The molecule has 1 saturated heterocycles. The summed E-state index contributed by atoms with van der Waals surface area (Å²) in [6.45, 7) is 31.5. The van der Waals surface area contributed by atoms with E-state index in [9.17, 15) is 28.8 Å². The Bertz CT molecular complexity index is 8220. The Kier molecular flexibility index (Phi) is 26.3. The van der Waals surface area contributed by atoms with Gasteiger partial charge in [-0.3, -0.25) is 79.4 Å². The Hall–Kier alpha value is -18.9. The summed E-state index contributed by atoms with van der Waals surface area (Å²) in [4.78, 5) is 173. The van der Waals surface area contributed by atoms with Crippen molar-refractivity contribution in [1.82, 2.24) is 165 Å². The van der Waals surface area contributed by atoms with E-state index in [2.05, 4.69) is 168 Å². The molecular formula is C96H88N38O6. The number of carbonyl (C=O) groups is 6. The van der Waals surface area contributed by atoms with Gasteiger partial charge in [-0.15, -0.1) is 0 Å². The van der Waals surface area contributed by atoms with Gasteiger partial charge in [-0.2, -0.15) is 20.4 Å². The number of ketones is 1.